The molecule has 1 aliphatic carbocycles. The van der Waals surface area contributed by atoms with Crippen LogP contribution in [0.5, 0.6) is 5.75 Å². The molecule has 0 saturated heterocycles. The molecule has 1 aliphatic rings. The predicted octanol–water partition coefficient (Wildman–Crippen LogP) is 1.69. The Balaban J connectivity index is 1.76. The molecule has 0 aliphatic heterocycles. The quantitative estimate of drug-likeness (QED) is 0.868. The van der Waals surface area contributed by atoms with Crippen molar-refractivity contribution < 1.29 is 9.53 Å². The number of methoxy groups -OCH3 is 1. The number of carbonyl (C=O) groups excluding carboxylic acids is 1. The number of carbonyl (C=O) groups is 1. The lowest BCUT2D eigenvalue weighted by Gasteiger charge is -2.18. The van der Waals surface area contributed by atoms with Crippen LogP contribution in [0.25, 0.3) is 0 Å². The molecule has 0 radical (unpaired) electrons. The normalized spacial score (nSPS) is 15.7. The Morgan fingerprint density at radius 2 is 2.15 bits per heavy atom. The molecular weight excluding hydrogens is 256 g/mol. The predicted molar refractivity (Wildman–Crippen MR) is 72.3 cm³/mol. The number of nitrogens with one attached hydrogen (secondary N) is 2. The first-order chi connectivity index (χ1) is 9.78. The molecule has 1 unspecified atom stereocenters. The fourth-order valence-electron chi connectivity index (χ4n) is 2.24. The monoisotopic (exact) mass is 272 g/mol. The van der Waals surface area contributed by atoms with Crippen LogP contribution in [-0.2, 0) is 0 Å². The number of benzene rings is 1. The number of nitrogens with zero attached hydrogens (tertiary/aromatic N) is 2. The van der Waals surface area contributed by atoms with E-state index in [2.05, 4.69) is 20.5 Å². The third-order valence-electron chi connectivity index (χ3n) is 3.49. The first-order valence-corrected chi connectivity index (χ1v) is 6.58. The summed E-state index contributed by atoms with van der Waals surface area (Å²) in [6.45, 7) is 0. The van der Waals surface area contributed by atoms with Crippen molar-refractivity contribution in [3.63, 3.8) is 0 Å². The van der Waals surface area contributed by atoms with Crippen molar-refractivity contribution >= 4 is 5.91 Å². The summed E-state index contributed by atoms with van der Waals surface area (Å²) in [5, 5.41) is 9.29. The Hall–Kier alpha value is -2.37. The van der Waals surface area contributed by atoms with Crippen molar-refractivity contribution in [3.05, 3.63) is 42.0 Å². The van der Waals surface area contributed by atoms with Gasteiger partial charge >= 0.3 is 0 Å². The summed E-state index contributed by atoms with van der Waals surface area (Å²) < 4.78 is 5.15. The van der Waals surface area contributed by atoms with Gasteiger partial charge in [-0.15, -0.1) is 0 Å². The van der Waals surface area contributed by atoms with Gasteiger partial charge in [-0.05, 0) is 36.5 Å². The second kappa shape index (κ2) is 5.32. The zero-order chi connectivity index (χ0) is 13.9. The Kier molecular flexibility index (Phi) is 3.37. The summed E-state index contributed by atoms with van der Waals surface area (Å²) in [5.41, 5.74) is 1.08. The van der Waals surface area contributed by atoms with Crippen molar-refractivity contribution in [2.45, 2.75) is 18.9 Å². The van der Waals surface area contributed by atoms with Gasteiger partial charge in [0.15, 0.2) is 0 Å². The minimum Gasteiger partial charge on any atom is -0.497 e. The molecule has 1 saturated carbocycles. The zero-order valence-electron chi connectivity index (χ0n) is 11.2. The highest BCUT2D eigenvalue weighted by Crippen LogP contribution is 2.41. The number of hydrogen-bond donors (Lipinski definition) is 2. The van der Waals surface area contributed by atoms with Gasteiger partial charge in [0.05, 0.1) is 13.2 Å². The Labute approximate surface area is 116 Å². The Bertz CT molecular complexity index is 576. The highest BCUT2D eigenvalue weighted by molar-refractivity contribution is 5.90. The van der Waals surface area contributed by atoms with Crippen molar-refractivity contribution in [3.8, 4) is 5.75 Å². The highest BCUT2D eigenvalue weighted by Gasteiger charge is 2.34. The second-order valence-electron chi connectivity index (χ2n) is 4.90. The van der Waals surface area contributed by atoms with Crippen LogP contribution in [0.4, 0.5) is 0 Å². The number of aromatic nitrogens is 3. The van der Waals surface area contributed by atoms with Gasteiger partial charge in [-0.3, -0.25) is 9.89 Å². The third-order valence-corrected chi connectivity index (χ3v) is 3.49. The summed E-state index contributed by atoms with van der Waals surface area (Å²) in [6.07, 6.45) is 3.59. The van der Waals surface area contributed by atoms with E-state index in [0.717, 1.165) is 24.2 Å². The summed E-state index contributed by atoms with van der Waals surface area (Å²) in [5.74, 6) is 1.32. The highest BCUT2D eigenvalue weighted by atomic mass is 16.5. The largest absolute Gasteiger partial charge is 0.497 e. The van der Waals surface area contributed by atoms with Gasteiger partial charge in [0, 0.05) is 0 Å². The molecular formula is C14H16N4O2. The smallest absolute Gasteiger partial charge is 0.289 e. The van der Waals surface area contributed by atoms with E-state index in [1.807, 2.05) is 24.3 Å². The molecule has 6 nitrogen and oxygen atoms in total. The maximum Gasteiger partial charge on any atom is 0.289 e. The van der Waals surface area contributed by atoms with Gasteiger partial charge in [0.1, 0.15) is 12.1 Å². The van der Waals surface area contributed by atoms with Crippen LogP contribution in [-0.4, -0.2) is 28.2 Å². The molecule has 3 rings (SSSR count). The van der Waals surface area contributed by atoms with E-state index < -0.39 is 0 Å². The molecule has 20 heavy (non-hydrogen) atoms. The SMILES string of the molecule is COc1ccc(C(NC(=O)c2ncn[nH]2)C2CC2)cc1. The van der Waals surface area contributed by atoms with Crippen molar-refractivity contribution in [2.75, 3.05) is 7.11 Å². The van der Waals surface area contributed by atoms with E-state index in [0.29, 0.717) is 5.92 Å². The van der Waals surface area contributed by atoms with Gasteiger partial charge in [0.25, 0.3) is 5.91 Å². The van der Waals surface area contributed by atoms with E-state index in [1.165, 1.54) is 6.33 Å². The van der Waals surface area contributed by atoms with Crippen LogP contribution in [0.1, 0.15) is 35.1 Å². The van der Waals surface area contributed by atoms with Crippen LogP contribution >= 0.6 is 0 Å². The van der Waals surface area contributed by atoms with E-state index in [-0.39, 0.29) is 17.8 Å². The van der Waals surface area contributed by atoms with Crippen LogP contribution in [0.15, 0.2) is 30.6 Å². The number of aromatic amines is 1. The molecule has 6 heteroatoms. The minimum absolute atomic E-state index is 0.0125. The molecule has 1 atom stereocenters. The minimum atomic E-state index is -0.227. The Morgan fingerprint density at radius 3 is 2.70 bits per heavy atom. The number of H-pyrrole nitrogens is 1. The molecule has 2 N–H and O–H groups in total. The van der Waals surface area contributed by atoms with E-state index in [9.17, 15) is 4.79 Å². The van der Waals surface area contributed by atoms with E-state index in [4.69, 9.17) is 4.74 Å². The number of ether oxygens (including phenoxy) is 1. The summed E-state index contributed by atoms with van der Waals surface area (Å²) in [7, 11) is 1.64. The lowest BCUT2D eigenvalue weighted by atomic mass is 10.0. The van der Waals surface area contributed by atoms with Gasteiger partial charge in [0.2, 0.25) is 5.82 Å². The number of rotatable bonds is 5. The third kappa shape index (κ3) is 2.64. The van der Waals surface area contributed by atoms with Gasteiger partial charge in [-0.25, -0.2) is 4.98 Å². The number of hydrogen-bond acceptors (Lipinski definition) is 4. The Morgan fingerprint density at radius 1 is 1.40 bits per heavy atom. The fraction of sp³-hybridized carbons (Fsp3) is 0.357. The summed E-state index contributed by atoms with van der Waals surface area (Å²) in [6, 6.07) is 7.81. The zero-order valence-corrected chi connectivity index (χ0v) is 11.2. The van der Waals surface area contributed by atoms with Crippen molar-refractivity contribution in [1.29, 1.82) is 0 Å². The second-order valence-corrected chi connectivity index (χ2v) is 4.90. The molecule has 1 fully saturated rings. The van der Waals surface area contributed by atoms with Crippen LogP contribution in [0, 0.1) is 5.92 Å². The lowest BCUT2D eigenvalue weighted by molar-refractivity contribution is 0.0921. The first-order valence-electron chi connectivity index (χ1n) is 6.58. The van der Waals surface area contributed by atoms with E-state index >= 15 is 0 Å². The number of amides is 1. The van der Waals surface area contributed by atoms with Crippen molar-refractivity contribution in [2.24, 2.45) is 5.92 Å². The molecule has 1 heterocycles. The van der Waals surface area contributed by atoms with E-state index in [1.54, 1.807) is 7.11 Å². The van der Waals surface area contributed by atoms with Crippen LogP contribution in [0.3, 0.4) is 0 Å². The topological polar surface area (TPSA) is 79.9 Å². The van der Waals surface area contributed by atoms with Gasteiger partial charge < -0.3 is 10.1 Å². The fourth-order valence-corrected chi connectivity index (χ4v) is 2.24. The molecule has 1 aromatic heterocycles. The standard InChI is InChI=1S/C14H16N4O2/c1-20-11-6-4-10(5-7-11)12(9-2-3-9)17-14(19)13-15-8-16-18-13/h4-9,12H,2-3H2,1H3,(H,17,19)(H,15,16,18). The molecule has 0 spiro atoms. The molecule has 1 amide bonds. The van der Waals surface area contributed by atoms with Gasteiger partial charge in [-0.2, -0.15) is 5.10 Å². The molecule has 1 aromatic carbocycles. The molecule has 2 aromatic rings. The van der Waals surface area contributed by atoms with Crippen LogP contribution < -0.4 is 10.1 Å². The maximum absolute atomic E-state index is 12.1. The summed E-state index contributed by atoms with van der Waals surface area (Å²) >= 11 is 0. The maximum atomic E-state index is 12.1. The van der Waals surface area contributed by atoms with Gasteiger partial charge in [-0.1, -0.05) is 12.1 Å². The lowest BCUT2D eigenvalue weighted by Crippen LogP contribution is -2.30. The first kappa shape index (κ1) is 12.7. The molecule has 104 valence electrons. The van der Waals surface area contributed by atoms with Crippen LogP contribution in [0.2, 0.25) is 0 Å². The average molecular weight is 272 g/mol. The van der Waals surface area contributed by atoms with Crippen molar-refractivity contribution in [1.82, 2.24) is 20.5 Å². The average Bonchev–Trinajstić information content (AvgIpc) is 3.17. The molecule has 0 bridgehead atoms. The summed E-state index contributed by atoms with van der Waals surface area (Å²) in [4.78, 5) is 15.9.